The van der Waals surface area contributed by atoms with Gasteiger partial charge < -0.3 is 8.98 Å². The van der Waals surface area contributed by atoms with E-state index in [4.69, 9.17) is 9.40 Å². The third-order valence-electron chi connectivity index (χ3n) is 8.97. The molecule has 9 rings (SSSR count). The van der Waals surface area contributed by atoms with Crippen molar-refractivity contribution in [2.75, 3.05) is 0 Å². The van der Waals surface area contributed by atoms with E-state index in [9.17, 15) is 0 Å². The molecular formula is C43H27IN2O. The molecule has 0 unspecified atom stereocenters. The molecule has 47 heavy (non-hydrogen) atoms. The molecule has 0 N–H and O–H groups in total. The highest BCUT2D eigenvalue weighted by molar-refractivity contribution is 14.1. The fourth-order valence-electron chi connectivity index (χ4n) is 6.76. The van der Waals surface area contributed by atoms with Gasteiger partial charge in [0.2, 0.25) is 5.89 Å². The van der Waals surface area contributed by atoms with Gasteiger partial charge >= 0.3 is 0 Å². The van der Waals surface area contributed by atoms with Crippen LogP contribution in [-0.4, -0.2) is 9.55 Å². The molecule has 2 heterocycles. The van der Waals surface area contributed by atoms with Crippen LogP contribution < -0.4 is 0 Å². The topological polar surface area (TPSA) is 31.0 Å². The van der Waals surface area contributed by atoms with Gasteiger partial charge in [-0.2, -0.15) is 0 Å². The highest BCUT2D eigenvalue weighted by Gasteiger charge is 2.16. The molecule has 0 saturated heterocycles. The zero-order valence-electron chi connectivity index (χ0n) is 25.3. The minimum atomic E-state index is 0.638. The van der Waals surface area contributed by atoms with Crippen LogP contribution in [0.5, 0.6) is 0 Å². The highest BCUT2D eigenvalue weighted by atomic mass is 127. The van der Waals surface area contributed by atoms with Gasteiger partial charge in [-0.3, -0.25) is 0 Å². The van der Waals surface area contributed by atoms with E-state index in [0.29, 0.717) is 5.89 Å². The van der Waals surface area contributed by atoms with E-state index in [1.54, 1.807) is 0 Å². The second-order valence-electron chi connectivity index (χ2n) is 11.7. The monoisotopic (exact) mass is 714 g/mol. The molecule has 222 valence electrons. The molecule has 2 aromatic heterocycles. The van der Waals surface area contributed by atoms with E-state index in [0.717, 1.165) is 31.5 Å². The van der Waals surface area contributed by atoms with Crippen LogP contribution in [0, 0.1) is 3.57 Å². The number of fused-ring (bicyclic) bond motifs is 4. The maximum atomic E-state index is 6.14. The average molecular weight is 715 g/mol. The van der Waals surface area contributed by atoms with Crippen molar-refractivity contribution < 1.29 is 4.42 Å². The van der Waals surface area contributed by atoms with Crippen LogP contribution in [-0.2, 0) is 0 Å². The molecular weight excluding hydrogens is 687 g/mol. The summed E-state index contributed by atoms with van der Waals surface area (Å²) in [6, 6.07) is 58.2. The molecule has 0 amide bonds. The third kappa shape index (κ3) is 4.75. The highest BCUT2D eigenvalue weighted by Crippen LogP contribution is 2.39. The zero-order valence-corrected chi connectivity index (χ0v) is 27.4. The van der Waals surface area contributed by atoms with E-state index < -0.39 is 0 Å². The quantitative estimate of drug-likeness (QED) is 0.166. The molecule has 3 nitrogen and oxygen atoms in total. The normalized spacial score (nSPS) is 11.5. The lowest BCUT2D eigenvalue weighted by molar-refractivity contribution is 0.618. The van der Waals surface area contributed by atoms with Crippen molar-refractivity contribution in [1.82, 2.24) is 9.55 Å². The first-order chi connectivity index (χ1) is 23.2. The van der Waals surface area contributed by atoms with Crippen molar-refractivity contribution in [2.45, 2.75) is 0 Å². The summed E-state index contributed by atoms with van der Waals surface area (Å²) in [7, 11) is 0. The van der Waals surface area contributed by atoms with Gasteiger partial charge in [0, 0.05) is 22.0 Å². The number of nitrogens with zero attached hydrogens (tertiary/aromatic N) is 2. The number of rotatable bonds is 5. The number of aromatic nitrogens is 2. The van der Waals surface area contributed by atoms with Gasteiger partial charge in [0.15, 0.2) is 5.58 Å². The van der Waals surface area contributed by atoms with Crippen LogP contribution in [0.1, 0.15) is 0 Å². The van der Waals surface area contributed by atoms with Crippen LogP contribution in [0.2, 0.25) is 0 Å². The van der Waals surface area contributed by atoms with Gasteiger partial charge in [-0.25, -0.2) is 4.98 Å². The maximum absolute atomic E-state index is 6.14. The number of halogens is 1. The Labute approximate surface area is 285 Å². The molecule has 0 aliphatic heterocycles. The Hall–Kier alpha value is -5.46. The average Bonchev–Trinajstić information content (AvgIpc) is 3.73. The van der Waals surface area contributed by atoms with Gasteiger partial charge in [0.05, 0.1) is 14.6 Å². The summed E-state index contributed by atoms with van der Waals surface area (Å²) in [5.41, 5.74) is 13.3. The van der Waals surface area contributed by atoms with Crippen LogP contribution in [0.25, 0.3) is 83.4 Å². The second kappa shape index (κ2) is 11.4. The molecule has 0 aliphatic rings. The molecule has 7 aromatic carbocycles. The van der Waals surface area contributed by atoms with E-state index >= 15 is 0 Å². The minimum absolute atomic E-state index is 0.638. The van der Waals surface area contributed by atoms with Crippen molar-refractivity contribution in [3.63, 3.8) is 0 Å². The predicted molar refractivity (Wildman–Crippen MR) is 203 cm³/mol. The van der Waals surface area contributed by atoms with Crippen molar-refractivity contribution in [3.8, 4) is 50.5 Å². The standard InChI is InChI=1S/C43H27IN2O/c44-38-16-9-17-39-42(38)47-43(45-39)30-22-20-28(21-23-30)32-10-1-3-12-34(32)35-13-4-2-11-33(35)29-24-26-31(27-25-29)46-40-18-7-5-14-36(40)37-15-6-8-19-41(37)46/h1-27H. The van der Waals surface area contributed by atoms with Crippen LogP contribution in [0.4, 0.5) is 0 Å². The fourth-order valence-corrected chi connectivity index (χ4v) is 7.36. The van der Waals surface area contributed by atoms with Crippen molar-refractivity contribution >= 4 is 55.5 Å². The number of hydrogen-bond donors (Lipinski definition) is 0. The molecule has 0 aliphatic carbocycles. The molecule has 0 spiro atoms. The summed E-state index contributed by atoms with van der Waals surface area (Å²) in [6.45, 7) is 0. The Morgan fingerprint density at radius 1 is 0.447 bits per heavy atom. The van der Waals surface area contributed by atoms with E-state index in [-0.39, 0.29) is 0 Å². The zero-order chi connectivity index (χ0) is 31.3. The van der Waals surface area contributed by atoms with Gasteiger partial charge in [-0.05, 0) is 105 Å². The summed E-state index contributed by atoms with van der Waals surface area (Å²) in [5, 5.41) is 2.54. The summed E-state index contributed by atoms with van der Waals surface area (Å²) in [5.74, 6) is 0.638. The lowest BCUT2D eigenvalue weighted by Crippen LogP contribution is -1.94. The Bertz CT molecular complexity index is 2520. The van der Waals surface area contributed by atoms with Gasteiger partial charge in [-0.15, -0.1) is 0 Å². The van der Waals surface area contributed by atoms with E-state index in [1.165, 1.54) is 49.6 Å². The first-order valence-corrected chi connectivity index (χ1v) is 16.7. The first-order valence-electron chi connectivity index (χ1n) is 15.7. The largest absolute Gasteiger partial charge is 0.435 e. The summed E-state index contributed by atoms with van der Waals surface area (Å²) < 4.78 is 9.56. The van der Waals surface area contributed by atoms with Gasteiger partial charge in [0.25, 0.3) is 0 Å². The van der Waals surface area contributed by atoms with Crippen molar-refractivity contribution in [2.24, 2.45) is 0 Å². The van der Waals surface area contributed by atoms with Gasteiger partial charge in [-0.1, -0.05) is 115 Å². The molecule has 9 aromatic rings. The number of benzene rings is 7. The van der Waals surface area contributed by atoms with Crippen LogP contribution in [0.15, 0.2) is 168 Å². The Balaban J connectivity index is 1.09. The van der Waals surface area contributed by atoms with Crippen LogP contribution >= 0.6 is 22.6 Å². The first kappa shape index (κ1) is 27.8. The molecule has 4 heteroatoms. The van der Waals surface area contributed by atoms with Gasteiger partial charge in [0.1, 0.15) is 5.52 Å². The summed E-state index contributed by atoms with van der Waals surface area (Å²) in [6.07, 6.45) is 0. The molecule has 0 atom stereocenters. The molecule has 0 bridgehead atoms. The Morgan fingerprint density at radius 2 is 0.936 bits per heavy atom. The fraction of sp³-hybridized carbons (Fsp3) is 0. The van der Waals surface area contributed by atoms with Crippen LogP contribution in [0.3, 0.4) is 0 Å². The third-order valence-corrected chi connectivity index (χ3v) is 9.82. The lowest BCUT2D eigenvalue weighted by atomic mass is 9.89. The molecule has 0 fully saturated rings. The Morgan fingerprint density at radius 3 is 1.51 bits per heavy atom. The molecule has 0 saturated carbocycles. The maximum Gasteiger partial charge on any atom is 0.227 e. The predicted octanol–water partition coefficient (Wildman–Crippen LogP) is 12.2. The summed E-state index contributed by atoms with van der Waals surface area (Å²) >= 11 is 2.29. The summed E-state index contributed by atoms with van der Waals surface area (Å²) in [4.78, 5) is 4.74. The van der Waals surface area contributed by atoms with Crippen molar-refractivity contribution in [1.29, 1.82) is 0 Å². The number of para-hydroxylation sites is 3. The smallest absolute Gasteiger partial charge is 0.227 e. The lowest BCUT2D eigenvalue weighted by Gasteiger charge is -2.15. The van der Waals surface area contributed by atoms with Crippen molar-refractivity contribution in [3.05, 3.63) is 167 Å². The number of oxazole rings is 1. The van der Waals surface area contributed by atoms with E-state index in [2.05, 4.69) is 173 Å². The minimum Gasteiger partial charge on any atom is -0.435 e. The number of hydrogen-bond acceptors (Lipinski definition) is 2. The SMILES string of the molecule is Ic1cccc2nc(-c3ccc(-c4ccccc4-c4ccccc4-c4ccc(-n5c6ccccc6c6ccccc65)cc4)cc3)oc12. The molecule has 0 radical (unpaired) electrons. The Kier molecular flexibility index (Phi) is 6.75. The van der Waals surface area contributed by atoms with E-state index in [1.807, 2.05) is 18.2 Å². The second-order valence-corrected chi connectivity index (χ2v) is 12.9.